The number of nitrogens with one attached hydrogen (secondary N) is 1. The van der Waals surface area contributed by atoms with E-state index in [2.05, 4.69) is 23.3 Å². The topological polar surface area (TPSA) is 68.9 Å². The summed E-state index contributed by atoms with van der Waals surface area (Å²) in [5.74, 6) is 0.637. The molecule has 2 unspecified atom stereocenters. The summed E-state index contributed by atoms with van der Waals surface area (Å²) in [6.45, 7) is 2.97. The molecule has 0 bridgehead atoms. The van der Waals surface area contributed by atoms with E-state index in [4.69, 9.17) is 5.26 Å². The van der Waals surface area contributed by atoms with Crippen molar-refractivity contribution >= 4 is 0 Å². The molecule has 2 N–H and O–H groups in total. The van der Waals surface area contributed by atoms with E-state index < -0.39 is 0 Å². The van der Waals surface area contributed by atoms with Gasteiger partial charge in [-0.1, -0.05) is 25.8 Å². The maximum absolute atomic E-state index is 9.72. The summed E-state index contributed by atoms with van der Waals surface area (Å²) in [6, 6.07) is 5.86. The second-order valence-electron chi connectivity index (χ2n) is 5.62. The Kier molecular flexibility index (Phi) is 4.52. The Labute approximate surface area is 114 Å². The van der Waals surface area contributed by atoms with Crippen molar-refractivity contribution in [1.29, 1.82) is 5.26 Å². The van der Waals surface area contributed by atoms with Crippen molar-refractivity contribution in [3.63, 3.8) is 0 Å². The smallest absolute Gasteiger partial charge is 0.144 e. The normalized spacial score (nSPS) is 26.9. The first-order valence-corrected chi connectivity index (χ1v) is 6.89. The maximum Gasteiger partial charge on any atom is 0.144 e. The van der Waals surface area contributed by atoms with Crippen molar-refractivity contribution in [3.05, 3.63) is 29.6 Å². The third-order valence-electron chi connectivity index (χ3n) is 4.05. The highest BCUT2D eigenvalue weighted by atomic mass is 16.3. The first kappa shape index (κ1) is 14.0. The second-order valence-corrected chi connectivity index (χ2v) is 5.62. The van der Waals surface area contributed by atoms with Crippen LogP contribution in [0.1, 0.15) is 43.9 Å². The van der Waals surface area contributed by atoms with E-state index in [1.807, 2.05) is 12.1 Å². The average Bonchev–Trinajstić information content (AvgIpc) is 2.45. The zero-order valence-electron chi connectivity index (χ0n) is 11.4. The Balaban J connectivity index is 2.06. The number of rotatable bonds is 4. The van der Waals surface area contributed by atoms with Gasteiger partial charge in [-0.15, -0.1) is 0 Å². The molecule has 0 saturated heterocycles. The van der Waals surface area contributed by atoms with Gasteiger partial charge < -0.3 is 10.4 Å². The maximum atomic E-state index is 9.72. The molecule has 1 aliphatic carbocycles. The number of hydrogen-bond acceptors (Lipinski definition) is 4. The average molecular weight is 259 g/mol. The largest absolute Gasteiger partial charge is 0.394 e. The van der Waals surface area contributed by atoms with E-state index in [-0.39, 0.29) is 12.1 Å². The highest BCUT2D eigenvalue weighted by Crippen LogP contribution is 2.32. The third-order valence-corrected chi connectivity index (χ3v) is 4.05. The molecule has 2 rings (SSSR count). The summed E-state index contributed by atoms with van der Waals surface area (Å²) in [4.78, 5) is 4.06. The molecule has 4 heteroatoms. The molecule has 19 heavy (non-hydrogen) atoms. The molecule has 2 atom stereocenters. The van der Waals surface area contributed by atoms with Crippen LogP contribution >= 0.6 is 0 Å². The molecular weight excluding hydrogens is 238 g/mol. The second kappa shape index (κ2) is 6.14. The molecular formula is C15H21N3O. The quantitative estimate of drug-likeness (QED) is 0.867. The predicted octanol–water partition coefficient (Wildman–Crippen LogP) is 1.98. The fourth-order valence-electron chi connectivity index (χ4n) is 2.98. The van der Waals surface area contributed by atoms with Gasteiger partial charge in [-0.25, -0.2) is 4.98 Å². The molecule has 102 valence electrons. The molecule has 1 heterocycles. The molecule has 0 aliphatic heterocycles. The molecule has 1 saturated carbocycles. The highest BCUT2D eigenvalue weighted by Gasteiger charge is 2.33. The highest BCUT2D eigenvalue weighted by molar-refractivity contribution is 5.30. The molecule has 1 fully saturated rings. The fraction of sp³-hybridized carbons (Fsp3) is 0.600. The number of pyridine rings is 1. The number of aliphatic hydroxyl groups is 1. The molecule has 1 aliphatic rings. The number of hydrogen-bond donors (Lipinski definition) is 2. The van der Waals surface area contributed by atoms with Crippen LogP contribution in [0.4, 0.5) is 0 Å². The van der Waals surface area contributed by atoms with Crippen LogP contribution in [-0.2, 0) is 6.54 Å². The van der Waals surface area contributed by atoms with Gasteiger partial charge in [0, 0.05) is 23.8 Å². The zero-order valence-corrected chi connectivity index (χ0v) is 11.4. The molecule has 0 radical (unpaired) electrons. The van der Waals surface area contributed by atoms with Crippen molar-refractivity contribution in [2.24, 2.45) is 5.92 Å². The minimum atomic E-state index is -0.194. The van der Waals surface area contributed by atoms with Crippen LogP contribution in [0.15, 0.2) is 18.3 Å². The van der Waals surface area contributed by atoms with Gasteiger partial charge in [-0.3, -0.25) is 0 Å². The first-order valence-electron chi connectivity index (χ1n) is 6.89. The van der Waals surface area contributed by atoms with Crippen molar-refractivity contribution in [1.82, 2.24) is 10.3 Å². The summed E-state index contributed by atoms with van der Waals surface area (Å²) < 4.78 is 0. The Morgan fingerprint density at radius 1 is 1.63 bits per heavy atom. The van der Waals surface area contributed by atoms with E-state index in [0.29, 0.717) is 18.2 Å². The van der Waals surface area contributed by atoms with Crippen molar-refractivity contribution in [2.75, 3.05) is 6.61 Å². The number of aromatic nitrogens is 1. The third kappa shape index (κ3) is 3.31. The van der Waals surface area contributed by atoms with Gasteiger partial charge in [0.15, 0.2) is 0 Å². The predicted molar refractivity (Wildman–Crippen MR) is 73.2 cm³/mol. The van der Waals surface area contributed by atoms with Crippen molar-refractivity contribution in [2.45, 2.75) is 44.7 Å². The lowest BCUT2D eigenvalue weighted by atomic mass is 9.76. The lowest BCUT2D eigenvalue weighted by molar-refractivity contribution is 0.0982. The summed E-state index contributed by atoms with van der Waals surface area (Å²) in [6.07, 6.45) is 6.00. The summed E-state index contributed by atoms with van der Waals surface area (Å²) in [5, 5.41) is 22.2. The van der Waals surface area contributed by atoms with E-state index in [1.54, 1.807) is 6.20 Å². The van der Waals surface area contributed by atoms with E-state index in [9.17, 15) is 5.11 Å². The van der Waals surface area contributed by atoms with E-state index >= 15 is 0 Å². The van der Waals surface area contributed by atoms with Crippen LogP contribution in [0.2, 0.25) is 0 Å². The number of aliphatic hydroxyl groups excluding tert-OH is 1. The Morgan fingerprint density at radius 3 is 3.16 bits per heavy atom. The van der Waals surface area contributed by atoms with Crippen LogP contribution in [-0.4, -0.2) is 22.2 Å². The number of nitriles is 1. The number of nitrogens with zero attached hydrogens (tertiary/aromatic N) is 2. The van der Waals surface area contributed by atoms with Gasteiger partial charge >= 0.3 is 0 Å². The van der Waals surface area contributed by atoms with Gasteiger partial charge in [0.05, 0.1) is 6.61 Å². The van der Waals surface area contributed by atoms with Crippen LogP contribution < -0.4 is 5.32 Å². The minimum absolute atomic E-state index is 0.152. The first-order chi connectivity index (χ1) is 9.19. The fourth-order valence-corrected chi connectivity index (χ4v) is 2.98. The van der Waals surface area contributed by atoms with Crippen LogP contribution in [0.25, 0.3) is 0 Å². The lowest BCUT2D eigenvalue weighted by Crippen LogP contribution is -2.51. The Hall–Kier alpha value is -1.44. The van der Waals surface area contributed by atoms with E-state index in [0.717, 1.165) is 24.8 Å². The SMILES string of the molecule is CC1CCCC(CO)(NCc2cccnc2C#N)C1. The summed E-state index contributed by atoms with van der Waals surface area (Å²) in [7, 11) is 0. The van der Waals surface area contributed by atoms with Crippen LogP contribution in [0, 0.1) is 17.2 Å². The van der Waals surface area contributed by atoms with Gasteiger partial charge in [0.25, 0.3) is 0 Å². The minimum Gasteiger partial charge on any atom is -0.394 e. The van der Waals surface area contributed by atoms with Gasteiger partial charge in [-0.2, -0.15) is 5.26 Å². The van der Waals surface area contributed by atoms with Gasteiger partial charge in [0.2, 0.25) is 0 Å². The van der Waals surface area contributed by atoms with E-state index in [1.165, 1.54) is 6.42 Å². The summed E-state index contributed by atoms with van der Waals surface area (Å²) >= 11 is 0. The molecule has 0 aromatic carbocycles. The van der Waals surface area contributed by atoms with Crippen LogP contribution in [0.5, 0.6) is 0 Å². The Bertz CT molecular complexity index is 469. The van der Waals surface area contributed by atoms with Crippen molar-refractivity contribution < 1.29 is 5.11 Å². The van der Waals surface area contributed by atoms with Crippen LogP contribution in [0.3, 0.4) is 0 Å². The molecule has 1 aromatic rings. The summed E-state index contributed by atoms with van der Waals surface area (Å²) in [5.41, 5.74) is 1.17. The standard InChI is InChI=1S/C15H21N3O/c1-12-4-2-6-15(8-12,11-19)18-10-13-5-3-7-17-14(13)9-16/h3,5,7,12,18-19H,2,4,6,8,10-11H2,1H3. The molecule has 0 amide bonds. The lowest BCUT2D eigenvalue weighted by Gasteiger charge is -2.39. The molecule has 4 nitrogen and oxygen atoms in total. The molecule has 1 aromatic heterocycles. The molecule has 0 spiro atoms. The monoisotopic (exact) mass is 259 g/mol. The Morgan fingerprint density at radius 2 is 2.47 bits per heavy atom. The van der Waals surface area contributed by atoms with Gasteiger partial charge in [-0.05, 0) is 24.8 Å². The van der Waals surface area contributed by atoms with Crippen molar-refractivity contribution in [3.8, 4) is 6.07 Å². The zero-order chi connectivity index (χ0) is 13.7. The van der Waals surface area contributed by atoms with Gasteiger partial charge in [0.1, 0.15) is 11.8 Å².